The molecule has 1 aromatic carbocycles. The van der Waals surface area contributed by atoms with Crippen molar-refractivity contribution in [2.45, 2.75) is 32.5 Å². The van der Waals surface area contributed by atoms with Crippen molar-refractivity contribution in [1.29, 1.82) is 0 Å². The number of urea groups is 1. The quantitative estimate of drug-likeness (QED) is 0.865. The number of likely N-dealkylation sites (tertiary alicyclic amines) is 1. The van der Waals surface area contributed by atoms with Crippen LogP contribution in [0, 0.1) is 13.8 Å². The lowest BCUT2D eigenvalue weighted by Gasteiger charge is -2.37. The lowest BCUT2D eigenvalue weighted by molar-refractivity contribution is -0.181. The minimum atomic E-state index is -0.434. The fourth-order valence-corrected chi connectivity index (χ4v) is 2.98. The number of carbonyl (C=O) groups is 1. The number of aryl methyl sites for hydroxylation is 2. The van der Waals surface area contributed by atoms with Gasteiger partial charge in [-0.3, -0.25) is 0 Å². The molecule has 3 rings (SSSR count). The highest BCUT2D eigenvalue weighted by Crippen LogP contribution is 2.31. The van der Waals surface area contributed by atoms with Crippen molar-refractivity contribution in [3.63, 3.8) is 0 Å². The Labute approximate surface area is 125 Å². The average molecular weight is 290 g/mol. The Morgan fingerprint density at radius 2 is 1.86 bits per heavy atom. The van der Waals surface area contributed by atoms with Crippen LogP contribution in [0.25, 0.3) is 0 Å². The van der Waals surface area contributed by atoms with E-state index in [-0.39, 0.29) is 6.03 Å². The van der Waals surface area contributed by atoms with E-state index in [9.17, 15) is 4.79 Å². The summed E-state index contributed by atoms with van der Waals surface area (Å²) in [7, 11) is 0. The molecule has 0 unspecified atom stereocenters. The molecule has 0 saturated carbocycles. The Hall–Kier alpha value is -1.59. The van der Waals surface area contributed by atoms with Crippen LogP contribution in [-0.2, 0) is 9.47 Å². The van der Waals surface area contributed by atoms with Crippen LogP contribution in [0.15, 0.2) is 18.2 Å². The lowest BCUT2D eigenvalue weighted by Crippen LogP contribution is -2.48. The van der Waals surface area contributed by atoms with Crippen molar-refractivity contribution in [1.82, 2.24) is 4.90 Å². The molecule has 1 N–H and O–H groups in total. The maximum Gasteiger partial charge on any atom is 0.321 e. The number of anilines is 1. The highest BCUT2D eigenvalue weighted by Gasteiger charge is 2.40. The third-order valence-electron chi connectivity index (χ3n) is 4.25. The summed E-state index contributed by atoms with van der Waals surface area (Å²) in [5, 5.41) is 2.99. The molecule has 5 nitrogen and oxygen atoms in total. The molecular formula is C16H22N2O3. The number of benzene rings is 1. The molecule has 1 aromatic rings. The maximum absolute atomic E-state index is 12.3. The Morgan fingerprint density at radius 1 is 1.19 bits per heavy atom. The summed E-state index contributed by atoms with van der Waals surface area (Å²) in [4.78, 5) is 14.2. The number of amides is 2. The molecule has 2 aliphatic heterocycles. The summed E-state index contributed by atoms with van der Waals surface area (Å²) in [6, 6.07) is 5.99. The van der Waals surface area contributed by atoms with Gasteiger partial charge in [0.25, 0.3) is 0 Å². The third-order valence-corrected chi connectivity index (χ3v) is 4.25. The van der Waals surface area contributed by atoms with Gasteiger partial charge < -0.3 is 19.7 Å². The molecule has 2 fully saturated rings. The Balaban J connectivity index is 1.59. The van der Waals surface area contributed by atoms with Crippen LogP contribution in [0.5, 0.6) is 0 Å². The van der Waals surface area contributed by atoms with Gasteiger partial charge in [-0.2, -0.15) is 0 Å². The first-order valence-corrected chi connectivity index (χ1v) is 7.49. The minimum Gasteiger partial charge on any atom is -0.347 e. The number of piperidine rings is 1. The van der Waals surface area contributed by atoms with Crippen LogP contribution in [0.1, 0.15) is 24.0 Å². The van der Waals surface area contributed by atoms with Gasteiger partial charge in [0.05, 0.1) is 13.2 Å². The molecule has 21 heavy (non-hydrogen) atoms. The fourth-order valence-electron chi connectivity index (χ4n) is 2.98. The van der Waals surface area contributed by atoms with Gasteiger partial charge in [-0.25, -0.2) is 4.79 Å². The Morgan fingerprint density at radius 3 is 2.48 bits per heavy atom. The van der Waals surface area contributed by atoms with Crippen LogP contribution >= 0.6 is 0 Å². The van der Waals surface area contributed by atoms with E-state index in [1.807, 2.05) is 30.9 Å². The standard InChI is InChI=1S/C16H22N2O3/c1-12-3-4-14(13(2)11-12)17-15(19)18-7-5-16(6-8-18)20-9-10-21-16/h3-4,11H,5-10H2,1-2H3,(H,17,19). The molecule has 2 heterocycles. The van der Waals surface area contributed by atoms with Crippen LogP contribution in [0.3, 0.4) is 0 Å². The van der Waals surface area contributed by atoms with Crippen molar-refractivity contribution in [3.05, 3.63) is 29.3 Å². The van der Waals surface area contributed by atoms with Crippen LogP contribution in [-0.4, -0.2) is 43.0 Å². The molecule has 2 aliphatic rings. The molecule has 114 valence electrons. The lowest BCUT2D eigenvalue weighted by atomic mass is 10.0. The smallest absolute Gasteiger partial charge is 0.321 e. The van der Waals surface area contributed by atoms with Gasteiger partial charge >= 0.3 is 6.03 Å². The normalized spacial score (nSPS) is 20.8. The summed E-state index contributed by atoms with van der Waals surface area (Å²) in [5.74, 6) is -0.434. The number of carbonyl (C=O) groups excluding carboxylic acids is 1. The number of hydrogen-bond acceptors (Lipinski definition) is 3. The van der Waals surface area contributed by atoms with E-state index in [0.29, 0.717) is 26.3 Å². The monoisotopic (exact) mass is 290 g/mol. The van der Waals surface area contributed by atoms with E-state index in [1.165, 1.54) is 5.56 Å². The number of nitrogens with one attached hydrogen (secondary N) is 1. The molecular weight excluding hydrogens is 268 g/mol. The zero-order chi connectivity index (χ0) is 14.9. The van der Waals surface area contributed by atoms with E-state index in [4.69, 9.17) is 9.47 Å². The molecule has 1 spiro atoms. The van der Waals surface area contributed by atoms with E-state index in [2.05, 4.69) is 11.4 Å². The van der Waals surface area contributed by atoms with Gasteiger partial charge in [-0.05, 0) is 25.5 Å². The van der Waals surface area contributed by atoms with Crippen molar-refractivity contribution in [2.75, 3.05) is 31.6 Å². The van der Waals surface area contributed by atoms with Gasteiger partial charge in [0, 0.05) is 31.6 Å². The predicted octanol–water partition coefficient (Wildman–Crippen LogP) is 2.67. The molecule has 2 amide bonds. The summed E-state index contributed by atoms with van der Waals surface area (Å²) in [6.45, 7) is 6.70. The van der Waals surface area contributed by atoms with E-state index >= 15 is 0 Å². The highest BCUT2D eigenvalue weighted by atomic mass is 16.7. The largest absolute Gasteiger partial charge is 0.347 e. The zero-order valence-corrected chi connectivity index (χ0v) is 12.6. The summed E-state index contributed by atoms with van der Waals surface area (Å²) in [6.07, 6.45) is 1.49. The number of ether oxygens (including phenoxy) is 2. The van der Waals surface area contributed by atoms with Crippen molar-refractivity contribution < 1.29 is 14.3 Å². The molecule has 0 atom stereocenters. The second-order valence-electron chi connectivity index (χ2n) is 5.84. The number of rotatable bonds is 1. The Kier molecular flexibility index (Phi) is 3.87. The Bertz CT molecular complexity index is 528. The molecule has 2 saturated heterocycles. The average Bonchev–Trinajstić information content (AvgIpc) is 2.91. The van der Waals surface area contributed by atoms with Gasteiger partial charge in [-0.15, -0.1) is 0 Å². The molecule has 0 aliphatic carbocycles. The second-order valence-corrected chi connectivity index (χ2v) is 5.84. The zero-order valence-electron chi connectivity index (χ0n) is 12.6. The second kappa shape index (κ2) is 5.66. The molecule has 0 aromatic heterocycles. The van der Waals surface area contributed by atoms with Crippen molar-refractivity contribution in [3.8, 4) is 0 Å². The van der Waals surface area contributed by atoms with E-state index < -0.39 is 5.79 Å². The highest BCUT2D eigenvalue weighted by molar-refractivity contribution is 5.90. The van der Waals surface area contributed by atoms with Crippen LogP contribution in [0.4, 0.5) is 10.5 Å². The number of nitrogens with zero attached hydrogens (tertiary/aromatic N) is 1. The SMILES string of the molecule is Cc1ccc(NC(=O)N2CCC3(CC2)OCCO3)c(C)c1. The first kappa shape index (κ1) is 14.4. The van der Waals surface area contributed by atoms with Gasteiger partial charge in [0.2, 0.25) is 0 Å². The summed E-state index contributed by atoms with van der Waals surface area (Å²) < 4.78 is 11.4. The molecule has 0 bridgehead atoms. The van der Waals surface area contributed by atoms with Gasteiger partial charge in [0.15, 0.2) is 5.79 Å². The third kappa shape index (κ3) is 3.04. The summed E-state index contributed by atoms with van der Waals surface area (Å²) in [5.41, 5.74) is 3.15. The predicted molar refractivity (Wildman–Crippen MR) is 80.4 cm³/mol. The fraction of sp³-hybridized carbons (Fsp3) is 0.562. The summed E-state index contributed by atoms with van der Waals surface area (Å²) >= 11 is 0. The topological polar surface area (TPSA) is 50.8 Å². The van der Waals surface area contributed by atoms with Gasteiger partial charge in [-0.1, -0.05) is 17.7 Å². The van der Waals surface area contributed by atoms with Crippen LogP contribution in [0.2, 0.25) is 0 Å². The van der Waals surface area contributed by atoms with Crippen molar-refractivity contribution in [2.24, 2.45) is 0 Å². The number of hydrogen-bond donors (Lipinski definition) is 1. The minimum absolute atomic E-state index is 0.0465. The van der Waals surface area contributed by atoms with Gasteiger partial charge in [0.1, 0.15) is 0 Å². The van der Waals surface area contributed by atoms with Crippen molar-refractivity contribution >= 4 is 11.7 Å². The first-order valence-electron chi connectivity index (χ1n) is 7.49. The van der Waals surface area contributed by atoms with E-state index in [0.717, 1.165) is 24.1 Å². The van der Waals surface area contributed by atoms with E-state index in [1.54, 1.807) is 0 Å². The molecule has 0 radical (unpaired) electrons. The van der Waals surface area contributed by atoms with Crippen LogP contribution < -0.4 is 5.32 Å². The molecule has 5 heteroatoms. The first-order chi connectivity index (χ1) is 10.1. The maximum atomic E-state index is 12.3.